The molecule has 0 aliphatic carbocycles. The van der Waals surface area contributed by atoms with Gasteiger partial charge >= 0.3 is 0 Å². The summed E-state index contributed by atoms with van der Waals surface area (Å²) in [7, 11) is 0. The maximum Gasteiger partial charge on any atom is 0.224 e. The number of hydrogen-bond donors (Lipinski definition) is 2. The van der Waals surface area contributed by atoms with Crippen LogP contribution in [0.1, 0.15) is 32.8 Å². The van der Waals surface area contributed by atoms with E-state index < -0.39 is 5.60 Å². The van der Waals surface area contributed by atoms with Crippen LogP contribution in [0.25, 0.3) is 0 Å². The largest absolute Gasteiger partial charge is 0.388 e. The molecule has 1 amide bonds. The van der Waals surface area contributed by atoms with E-state index in [0.717, 1.165) is 16.5 Å². The standard InChI is InChI=1S/C15H22BrNO2/c1-4-11(2)15(3,19)10-17-14(18)9-12-5-7-13(16)8-6-12/h5-8,11,19H,4,9-10H2,1-3H3,(H,17,18). The van der Waals surface area contributed by atoms with Gasteiger partial charge < -0.3 is 10.4 Å². The van der Waals surface area contributed by atoms with Crippen molar-refractivity contribution in [2.75, 3.05) is 6.54 Å². The Balaban J connectivity index is 2.46. The quantitative estimate of drug-likeness (QED) is 0.844. The zero-order valence-corrected chi connectivity index (χ0v) is 13.3. The van der Waals surface area contributed by atoms with E-state index in [2.05, 4.69) is 21.2 Å². The summed E-state index contributed by atoms with van der Waals surface area (Å²) in [5.74, 6) is 0.0892. The predicted molar refractivity (Wildman–Crippen MR) is 80.9 cm³/mol. The highest BCUT2D eigenvalue weighted by Gasteiger charge is 2.27. The number of carbonyl (C=O) groups is 1. The van der Waals surface area contributed by atoms with Gasteiger partial charge in [0.2, 0.25) is 5.91 Å². The molecule has 0 bridgehead atoms. The van der Waals surface area contributed by atoms with Gasteiger partial charge in [-0.2, -0.15) is 0 Å². The Labute approximate surface area is 123 Å². The van der Waals surface area contributed by atoms with Crippen LogP contribution in [0, 0.1) is 5.92 Å². The molecule has 0 aliphatic heterocycles. The van der Waals surface area contributed by atoms with Crippen LogP contribution >= 0.6 is 15.9 Å². The summed E-state index contributed by atoms with van der Waals surface area (Å²) in [6, 6.07) is 7.66. The third-order valence-electron chi connectivity index (χ3n) is 3.60. The van der Waals surface area contributed by atoms with E-state index in [-0.39, 0.29) is 18.4 Å². The first kappa shape index (κ1) is 16.2. The molecule has 2 unspecified atom stereocenters. The van der Waals surface area contributed by atoms with E-state index in [1.807, 2.05) is 38.1 Å². The number of aliphatic hydroxyl groups is 1. The van der Waals surface area contributed by atoms with Gasteiger partial charge in [0.05, 0.1) is 12.0 Å². The lowest BCUT2D eigenvalue weighted by Gasteiger charge is -2.29. The smallest absolute Gasteiger partial charge is 0.224 e. The van der Waals surface area contributed by atoms with Crippen LogP contribution < -0.4 is 5.32 Å². The molecule has 0 aliphatic rings. The lowest BCUT2D eigenvalue weighted by Crippen LogP contribution is -2.45. The van der Waals surface area contributed by atoms with Crippen molar-refractivity contribution in [3.63, 3.8) is 0 Å². The fraction of sp³-hybridized carbons (Fsp3) is 0.533. The van der Waals surface area contributed by atoms with Crippen molar-refractivity contribution in [2.45, 2.75) is 39.2 Å². The summed E-state index contributed by atoms with van der Waals surface area (Å²) in [5, 5.41) is 13.0. The fourth-order valence-electron chi connectivity index (χ4n) is 1.74. The molecule has 1 aromatic carbocycles. The van der Waals surface area contributed by atoms with Crippen molar-refractivity contribution in [2.24, 2.45) is 5.92 Å². The van der Waals surface area contributed by atoms with Crippen LogP contribution in [0.4, 0.5) is 0 Å². The van der Waals surface area contributed by atoms with Gasteiger partial charge in [-0.05, 0) is 30.5 Å². The summed E-state index contributed by atoms with van der Waals surface area (Å²) in [6.45, 7) is 6.07. The molecule has 3 nitrogen and oxygen atoms in total. The average Bonchev–Trinajstić information content (AvgIpc) is 2.38. The van der Waals surface area contributed by atoms with E-state index >= 15 is 0 Å². The predicted octanol–water partition coefficient (Wildman–Crippen LogP) is 2.90. The van der Waals surface area contributed by atoms with Crippen molar-refractivity contribution in [3.05, 3.63) is 34.3 Å². The maximum atomic E-state index is 11.8. The Bertz CT molecular complexity index is 415. The number of amides is 1. The third-order valence-corrected chi connectivity index (χ3v) is 4.12. The molecule has 4 heteroatoms. The van der Waals surface area contributed by atoms with Crippen LogP contribution in [0.2, 0.25) is 0 Å². The normalized spacial score (nSPS) is 15.6. The summed E-state index contributed by atoms with van der Waals surface area (Å²) >= 11 is 3.36. The third kappa shape index (κ3) is 5.33. The van der Waals surface area contributed by atoms with Gasteiger partial charge in [0.1, 0.15) is 0 Å². The van der Waals surface area contributed by atoms with E-state index in [1.165, 1.54) is 0 Å². The fourth-order valence-corrected chi connectivity index (χ4v) is 2.01. The summed E-state index contributed by atoms with van der Waals surface area (Å²) < 4.78 is 0.997. The molecule has 0 spiro atoms. The second-order valence-corrected chi connectivity index (χ2v) is 6.16. The molecule has 0 saturated heterocycles. The van der Waals surface area contributed by atoms with Crippen LogP contribution in [0.15, 0.2) is 28.7 Å². The number of carbonyl (C=O) groups excluding carboxylic acids is 1. The summed E-state index contributed by atoms with van der Waals surface area (Å²) in [5.41, 5.74) is 0.105. The van der Waals surface area contributed by atoms with E-state index in [1.54, 1.807) is 6.92 Å². The minimum Gasteiger partial charge on any atom is -0.388 e. The molecule has 2 atom stereocenters. The molecule has 106 valence electrons. The Morgan fingerprint density at radius 3 is 2.53 bits per heavy atom. The van der Waals surface area contributed by atoms with E-state index in [9.17, 15) is 9.90 Å². The molecular weight excluding hydrogens is 306 g/mol. The van der Waals surface area contributed by atoms with E-state index in [0.29, 0.717) is 6.42 Å². The van der Waals surface area contributed by atoms with Gasteiger partial charge in [-0.15, -0.1) is 0 Å². The first-order valence-corrected chi connectivity index (χ1v) is 7.38. The van der Waals surface area contributed by atoms with Crippen LogP contribution in [-0.2, 0) is 11.2 Å². The van der Waals surface area contributed by atoms with Crippen molar-refractivity contribution in [3.8, 4) is 0 Å². The van der Waals surface area contributed by atoms with Crippen molar-refractivity contribution < 1.29 is 9.90 Å². The van der Waals surface area contributed by atoms with Crippen molar-refractivity contribution in [1.82, 2.24) is 5.32 Å². The molecule has 0 heterocycles. The monoisotopic (exact) mass is 327 g/mol. The van der Waals surface area contributed by atoms with Gasteiger partial charge in [-0.3, -0.25) is 4.79 Å². The molecule has 0 fully saturated rings. The van der Waals surface area contributed by atoms with E-state index in [4.69, 9.17) is 0 Å². The first-order chi connectivity index (χ1) is 8.85. The Morgan fingerprint density at radius 2 is 2.00 bits per heavy atom. The Hall–Kier alpha value is -0.870. The van der Waals surface area contributed by atoms with Crippen molar-refractivity contribution in [1.29, 1.82) is 0 Å². The number of benzene rings is 1. The second kappa shape index (κ2) is 7.06. The van der Waals surface area contributed by atoms with Crippen molar-refractivity contribution >= 4 is 21.8 Å². The number of nitrogens with one attached hydrogen (secondary N) is 1. The lowest BCUT2D eigenvalue weighted by molar-refractivity contribution is -0.122. The number of halogens is 1. The highest BCUT2D eigenvalue weighted by Crippen LogP contribution is 2.18. The summed E-state index contributed by atoms with van der Waals surface area (Å²) in [4.78, 5) is 11.8. The molecule has 1 aromatic rings. The highest BCUT2D eigenvalue weighted by atomic mass is 79.9. The number of rotatable bonds is 6. The molecule has 1 rings (SSSR count). The zero-order valence-electron chi connectivity index (χ0n) is 11.7. The minimum atomic E-state index is -0.857. The van der Waals surface area contributed by atoms with Gasteiger partial charge in [-0.1, -0.05) is 48.3 Å². The second-order valence-electron chi connectivity index (χ2n) is 5.25. The topological polar surface area (TPSA) is 49.3 Å². The number of hydrogen-bond acceptors (Lipinski definition) is 2. The van der Waals surface area contributed by atoms with Gasteiger partial charge in [0.15, 0.2) is 0 Å². The Morgan fingerprint density at radius 1 is 1.42 bits per heavy atom. The SMILES string of the molecule is CCC(C)C(C)(O)CNC(=O)Cc1ccc(Br)cc1. The average molecular weight is 328 g/mol. The molecule has 0 aromatic heterocycles. The summed E-state index contributed by atoms with van der Waals surface area (Å²) in [6.07, 6.45) is 1.22. The first-order valence-electron chi connectivity index (χ1n) is 6.58. The Kier molecular flexibility index (Phi) is 6.01. The van der Waals surface area contributed by atoms with Crippen LogP contribution in [0.5, 0.6) is 0 Å². The lowest BCUT2D eigenvalue weighted by atomic mass is 9.88. The molecule has 0 radical (unpaired) electrons. The van der Waals surface area contributed by atoms with Crippen LogP contribution in [-0.4, -0.2) is 23.2 Å². The molecular formula is C15H22BrNO2. The van der Waals surface area contributed by atoms with Gasteiger partial charge in [0, 0.05) is 11.0 Å². The zero-order chi connectivity index (χ0) is 14.5. The molecule has 19 heavy (non-hydrogen) atoms. The van der Waals surface area contributed by atoms with Gasteiger partial charge in [0.25, 0.3) is 0 Å². The maximum absolute atomic E-state index is 11.8. The molecule has 0 saturated carbocycles. The highest BCUT2D eigenvalue weighted by molar-refractivity contribution is 9.10. The van der Waals surface area contributed by atoms with Gasteiger partial charge in [-0.25, -0.2) is 0 Å². The van der Waals surface area contributed by atoms with Crippen LogP contribution in [0.3, 0.4) is 0 Å². The minimum absolute atomic E-state index is 0.0640. The molecule has 2 N–H and O–H groups in total.